The van der Waals surface area contributed by atoms with E-state index in [0.717, 1.165) is 30.4 Å². The molecule has 4 aliphatic rings. The number of benzene rings is 2. The summed E-state index contributed by atoms with van der Waals surface area (Å²) < 4.78 is 77.6. The van der Waals surface area contributed by atoms with Crippen LogP contribution in [0.15, 0.2) is 78.5 Å². The lowest BCUT2D eigenvalue weighted by molar-refractivity contribution is -0.320. The van der Waals surface area contributed by atoms with Gasteiger partial charge in [0.25, 0.3) is 0 Å². The molecule has 0 bridgehead atoms. The van der Waals surface area contributed by atoms with E-state index in [4.69, 9.17) is 66.8 Å². The average molecular weight is 1200 g/mol. The predicted octanol–water partition coefficient (Wildman–Crippen LogP) is 10.6. The number of hydrogen-bond donors (Lipinski definition) is 2. The van der Waals surface area contributed by atoms with Gasteiger partial charge in [-0.05, 0) is 113 Å². The molecule has 2 aromatic carbocycles. The summed E-state index contributed by atoms with van der Waals surface area (Å²) in [4.78, 5) is 51.0. The third-order valence-electron chi connectivity index (χ3n) is 17.5. The van der Waals surface area contributed by atoms with Gasteiger partial charge in [0, 0.05) is 44.1 Å². The lowest BCUT2D eigenvalue weighted by atomic mass is 9.73. The molecule has 85 heavy (non-hydrogen) atoms. The fourth-order valence-corrected chi connectivity index (χ4v) is 12.9. The lowest BCUT2D eigenvalue weighted by Gasteiger charge is -2.50. The van der Waals surface area contributed by atoms with Crippen LogP contribution >= 0.6 is 0 Å². The molecule has 4 fully saturated rings. The quantitative estimate of drug-likeness (QED) is 0.0413. The van der Waals surface area contributed by atoms with Crippen LogP contribution in [0.4, 0.5) is 9.59 Å². The molecule has 18 atom stereocenters. The summed E-state index contributed by atoms with van der Waals surface area (Å²) in [7, 11) is 5.27. The van der Waals surface area contributed by atoms with Crippen molar-refractivity contribution in [1.29, 1.82) is 0 Å². The second kappa shape index (κ2) is 30.9. The minimum Gasteiger partial charge on any atom is -0.459 e. The van der Waals surface area contributed by atoms with Crippen molar-refractivity contribution in [3.05, 3.63) is 84.4 Å². The predicted molar refractivity (Wildman–Crippen MR) is 317 cm³/mol. The van der Waals surface area contributed by atoms with Crippen LogP contribution in [-0.4, -0.2) is 163 Å². The Morgan fingerprint density at radius 3 is 1.96 bits per heavy atom. The minimum atomic E-state index is -2.03. The summed E-state index contributed by atoms with van der Waals surface area (Å²) in [5.74, 6) is -5.38. The Morgan fingerprint density at radius 2 is 1.41 bits per heavy atom. The van der Waals surface area contributed by atoms with Crippen LogP contribution in [0.3, 0.4) is 0 Å². The first kappa shape index (κ1) is 69.4. The van der Waals surface area contributed by atoms with Crippen molar-refractivity contribution in [2.75, 3.05) is 27.8 Å². The molecule has 20 nitrogen and oxygen atoms in total. The summed E-state index contributed by atoms with van der Waals surface area (Å²) in [6.45, 7) is 25.6. The van der Waals surface area contributed by atoms with Crippen molar-refractivity contribution >= 4 is 24.0 Å². The zero-order valence-electron chi connectivity index (χ0n) is 53.1. The first-order valence-electron chi connectivity index (χ1n) is 30.6. The van der Waals surface area contributed by atoms with Gasteiger partial charge in [-0.15, -0.1) is 6.58 Å². The monoisotopic (exact) mass is 1200 g/mol. The third kappa shape index (κ3) is 18.0. The zero-order chi connectivity index (χ0) is 62.4. The summed E-state index contributed by atoms with van der Waals surface area (Å²) in [5.41, 5.74) is -2.78. The lowest BCUT2D eigenvalue weighted by Crippen LogP contribution is -2.62. The number of likely N-dealkylation sites (N-methyl/N-ethyl adjacent to an activating group) is 1. The number of rotatable bonds is 20. The maximum atomic E-state index is 15.2. The smallest absolute Gasteiger partial charge is 0.459 e. The van der Waals surface area contributed by atoms with Crippen molar-refractivity contribution in [2.45, 2.75) is 250 Å². The van der Waals surface area contributed by atoms with Gasteiger partial charge in [0.1, 0.15) is 30.5 Å². The molecule has 3 saturated heterocycles. The van der Waals surface area contributed by atoms with Gasteiger partial charge in [0.05, 0.1) is 66.5 Å². The van der Waals surface area contributed by atoms with E-state index in [9.17, 15) is 19.8 Å². The van der Waals surface area contributed by atoms with Crippen LogP contribution in [0.1, 0.15) is 152 Å². The number of nitrogens with zero attached hydrogens (tertiary/aromatic N) is 2. The molecule has 1 saturated carbocycles. The Bertz CT molecular complexity index is 2440. The minimum absolute atomic E-state index is 0.00472. The Balaban J connectivity index is 1.49. The van der Waals surface area contributed by atoms with Crippen molar-refractivity contribution in [3.63, 3.8) is 0 Å². The maximum Gasteiger partial charge on any atom is 0.509 e. The SMILES string of the molecule is C=CCO[C@]1(C)C[C@H](C)/C(=N\OC2(OC(C)C)CCCCC2)[C@H](C)[C@@H](O)[C@](C)(O)[C@@H](CC)OC(=O)[C@H](C)[C@@H](O[C@H]2C[C@@](C)(OC)[C@@H](OC(=O)OCc3ccccc3)[C@H](C)O2)[C@H](C)[C@H]1O[C@@H]1O[C@H](C)C[C@H](N(C)C)[C@H]1OC(=O)OCc1ccccc1. The molecule has 1 aliphatic carbocycles. The fourth-order valence-electron chi connectivity index (χ4n) is 12.9. The van der Waals surface area contributed by atoms with E-state index < -0.39 is 132 Å². The number of esters is 1. The molecule has 478 valence electrons. The molecular formula is C65H100N2O18. The maximum absolute atomic E-state index is 15.2. The first-order valence-corrected chi connectivity index (χ1v) is 30.6. The largest absolute Gasteiger partial charge is 0.509 e. The second-order valence-electron chi connectivity index (χ2n) is 25.1. The van der Waals surface area contributed by atoms with Crippen LogP contribution in [0.5, 0.6) is 0 Å². The Labute approximate surface area is 504 Å². The van der Waals surface area contributed by atoms with Gasteiger partial charge in [0.15, 0.2) is 24.8 Å². The van der Waals surface area contributed by atoms with Crippen molar-refractivity contribution < 1.29 is 86.3 Å². The highest BCUT2D eigenvalue weighted by Crippen LogP contribution is 2.44. The summed E-state index contributed by atoms with van der Waals surface area (Å²) in [6.07, 6.45) is -6.71. The topological polar surface area (TPSA) is 227 Å². The molecule has 0 aromatic heterocycles. The van der Waals surface area contributed by atoms with Crippen molar-refractivity contribution in [3.8, 4) is 0 Å². The molecule has 6 rings (SSSR count). The molecule has 2 N–H and O–H groups in total. The van der Waals surface area contributed by atoms with Gasteiger partial charge in [-0.1, -0.05) is 106 Å². The number of aliphatic hydroxyl groups is 2. The van der Waals surface area contributed by atoms with E-state index in [0.29, 0.717) is 25.0 Å². The van der Waals surface area contributed by atoms with Gasteiger partial charge in [-0.3, -0.25) is 4.79 Å². The van der Waals surface area contributed by atoms with Gasteiger partial charge >= 0.3 is 18.3 Å². The number of carbonyl (C=O) groups excluding carboxylic acids is 3. The van der Waals surface area contributed by atoms with Crippen LogP contribution in [-0.2, 0) is 79.7 Å². The number of hydrogen-bond acceptors (Lipinski definition) is 20. The van der Waals surface area contributed by atoms with Crippen LogP contribution < -0.4 is 0 Å². The number of ether oxygens (including phenoxy) is 12. The molecule has 0 unspecified atom stereocenters. The van der Waals surface area contributed by atoms with Gasteiger partial charge in [-0.25, -0.2) is 9.59 Å². The Morgan fingerprint density at radius 1 is 0.812 bits per heavy atom. The van der Waals surface area contributed by atoms with E-state index in [1.54, 1.807) is 40.7 Å². The molecule has 0 spiro atoms. The molecular weight excluding hydrogens is 1100 g/mol. The van der Waals surface area contributed by atoms with E-state index >= 15 is 4.79 Å². The average Bonchev–Trinajstić information content (AvgIpc) is 3.11. The number of cyclic esters (lactones) is 1. The normalized spacial score (nSPS) is 36.4. The molecule has 2 aromatic rings. The van der Waals surface area contributed by atoms with Crippen molar-refractivity contribution in [2.24, 2.45) is 28.8 Å². The molecule has 0 radical (unpaired) electrons. The highest BCUT2D eigenvalue weighted by Gasteiger charge is 2.56. The summed E-state index contributed by atoms with van der Waals surface area (Å²) >= 11 is 0. The highest BCUT2D eigenvalue weighted by atomic mass is 16.8. The van der Waals surface area contributed by atoms with E-state index in [-0.39, 0.29) is 45.2 Å². The molecule has 3 aliphatic heterocycles. The molecule has 3 heterocycles. The van der Waals surface area contributed by atoms with Gasteiger partial charge < -0.3 is 76.8 Å². The summed E-state index contributed by atoms with van der Waals surface area (Å²) in [5, 5.41) is 30.1. The third-order valence-corrected chi connectivity index (χ3v) is 17.5. The number of carbonyl (C=O) groups is 3. The Hall–Kier alpha value is -4.74. The van der Waals surface area contributed by atoms with Gasteiger partial charge in [-0.2, -0.15) is 0 Å². The first-order chi connectivity index (χ1) is 40.2. The van der Waals surface area contributed by atoms with Crippen LogP contribution in [0.2, 0.25) is 0 Å². The zero-order valence-corrected chi connectivity index (χ0v) is 53.1. The second-order valence-corrected chi connectivity index (χ2v) is 25.1. The highest BCUT2D eigenvalue weighted by molar-refractivity contribution is 5.89. The standard InChI is InChI=1S/C65H100N2O18/c1-17-34-76-63(12)36-41(5)52(66-85-65(84-40(3)4)32-26-21-27-33-65)43(7)55(68)64(13,72)50(18-2)79-58(69)45(9)53(80-51-37-62(11,73-16)57(46(10)78-51)83-61(71)75-39-48-30-24-20-25-31-48)44(8)56(63)82-59-54(49(67(14)15)35-42(6)77-59)81-60(70)74-38-47-28-22-19-23-29-47/h17,19-20,22-25,28-31,40-46,49-51,53-57,59,68,72H,1,18,21,26-27,32-39H2,2-16H3/b66-52+/t41-,42+,43-,44-,45+,46-,49-,50+,51-,53-,54+,55+,56+,57-,59-,62+,63+,64+/m0/s1. The van der Waals surface area contributed by atoms with E-state index in [1.807, 2.05) is 121 Å². The number of methoxy groups -OCH3 is 1. The number of aliphatic hydroxyl groups excluding tert-OH is 1. The fraction of sp³-hybridized carbons (Fsp3) is 0.723. The van der Waals surface area contributed by atoms with Gasteiger partial charge in [0.2, 0.25) is 5.79 Å². The molecule has 0 amide bonds. The van der Waals surface area contributed by atoms with E-state index in [2.05, 4.69) is 6.58 Å². The van der Waals surface area contributed by atoms with Crippen molar-refractivity contribution in [1.82, 2.24) is 4.90 Å². The van der Waals surface area contributed by atoms with Crippen LogP contribution in [0.25, 0.3) is 0 Å². The number of oxime groups is 1. The van der Waals surface area contributed by atoms with Crippen LogP contribution in [0, 0.1) is 23.7 Å². The summed E-state index contributed by atoms with van der Waals surface area (Å²) in [6, 6.07) is 18.0. The Kier molecular flexibility index (Phi) is 25.2. The molecule has 20 heteroatoms. The van der Waals surface area contributed by atoms with E-state index in [1.165, 1.54) is 14.0 Å².